The molecule has 3 fully saturated rings. The lowest BCUT2D eigenvalue weighted by atomic mass is 9.46. The fourth-order valence-corrected chi connectivity index (χ4v) is 7.91. The van der Waals surface area contributed by atoms with Gasteiger partial charge in [0.25, 0.3) is 0 Å². The summed E-state index contributed by atoms with van der Waals surface area (Å²) < 4.78 is 0. The van der Waals surface area contributed by atoms with Crippen LogP contribution in [-0.4, -0.2) is 23.0 Å². The first-order chi connectivity index (χ1) is 12.7. The molecule has 0 aliphatic heterocycles. The number of rotatable bonds is 3. The highest BCUT2D eigenvalue weighted by atomic mass is 16.6. The first-order valence-corrected chi connectivity index (χ1v) is 10.5. The molecule has 0 unspecified atom stereocenters. The number of ketones is 2. The molecule has 3 saturated carbocycles. The van der Waals surface area contributed by atoms with Crippen molar-refractivity contribution in [2.75, 3.05) is 6.54 Å². The van der Waals surface area contributed by atoms with Gasteiger partial charge in [0.05, 0.1) is 0 Å². The number of nitrogens with zero attached hydrogens (tertiary/aromatic N) is 1. The molecule has 4 aliphatic carbocycles. The zero-order valence-electron chi connectivity index (χ0n) is 16.7. The second-order valence-electron chi connectivity index (χ2n) is 10.1. The molecular formula is C22H31NO4. The highest BCUT2D eigenvalue weighted by Crippen LogP contribution is 2.67. The summed E-state index contributed by atoms with van der Waals surface area (Å²) in [6.45, 7) is 6.13. The summed E-state index contributed by atoms with van der Waals surface area (Å²) in [5.41, 5.74) is 1.34. The van der Waals surface area contributed by atoms with Crippen molar-refractivity contribution in [1.29, 1.82) is 0 Å². The molecule has 0 N–H and O–H groups in total. The van der Waals surface area contributed by atoms with Gasteiger partial charge in [0, 0.05) is 23.2 Å². The van der Waals surface area contributed by atoms with Crippen LogP contribution in [0.15, 0.2) is 11.6 Å². The molecule has 0 aromatic heterocycles. The van der Waals surface area contributed by atoms with Gasteiger partial charge >= 0.3 is 0 Å². The Morgan fingerprint density at radius 1 is 1.22 bits per heavy atom. The van der Waals surface area contributed by atoms with E-state index in [1.807, 2.05) is 6.08 Å². The van der Waals surface area contributed by atoms with Gasteiger partial charge in [0.2, 0.25) is 6.54 Å². The van der Waals surface area contributed by atoms with Gasteiger partial charge in [-0.3, -0.25) is 19.7 Å². The zero-order chi connectivity index (χ0) is 19.6. The van der Waals surface area contributed by atoms with Gasteiger partial charge in [0.15, 0.2) is 5.78 Å². The minimum atomic E-state index is -0.228. The molecule has 0 bridgehead atoms. The molecule has 0 spiro atoms. The van der Waals surface area contributed by atoms with E-state index in [9.17, 15) is 19.7 Å². The van der Waals surface area contributed by atoms with E-state index < -0.39 is 0 Å². The fourth-order valence-electron chi connectivity index (χ4n) is 7.91. The van der Waals surface area contributed by atoms with E-state index in [0.717, 1.165) is 38.5 Å². The summed E-state index contributed by atoms with van der Waals surface area (Å²) in [4.78, 5) is 35.5. The Bertz CT molecular complexity index is 728. The number of carbonyl (C=O) groups is 2. The second kappa shape index (κ2) is 6.25. The van der Waals surface area contributed by atoms with E-state index in [1.54, 1.807) is 6.92 Å². The van der Waals surface area contributed by atoms with Crippen LogP contribution in [0.5, 0.6) is 0 Å². The van der Waals surface area contributed by atoms with Crippen LogP contribution in [0.2, 0.25) is 0 Å². The Labute approximate surface area is 161 Å². The van der Waals surface area contributed by atoms with Gasteiger partial charge in [-0.1, -0.05) is 19.4 Å². The van der Waals surface area contributed by atoms with Gasteiger partial charge in [-0.2, -0.15) is 0 Å². The molecule has 0 aromatic carbocycles. The maximum atomic E-state index is 12.5. The minimum Gasteiger partial charge on any atom is -0.300 e. The summed E-state index contributed by atoms with van der Waals surface area (Å²) in [6.07, 6.45) is 8.41. The molecule has 0 amide bonds. The third-order valence-corrected chi connectivity index (χ3v) is 8.96. The number of fused-ring (bicyclic) bond motifs is 5. The van der Waals surface area contributed by atoms with Crippen LogP contribution in [0.4, 0.5) is 0 Å². The predicted molar refractivity (Wildman–Crippen MR) is 102 cm³/mol. The third-order valence-electron chi connectivity index (χ3n) is 8.96. The van der Waals surface area contributed by atoms with Crippen molar-refractivity contribution in [3.63, 3.8) is 0 Å². The van der Waals surface area contributed by atoms with E-state index in [0.29, 0.717) is 24.2 Å². The highest BCUT2D eigenvalue weighted by Gasteiger charge is 2.62. The van der Waals surface area contributed by atoms with E-state index in [-0.39, 0.29) is 45.7 Å². The first kappa shape index (κ1) is 18.8. The molecule has 27 heavy (non-hydrogen) atoms. The molecule has 0 saturated heterocycles. The molecule has 0 heterocycles. The van der Waals surface area contributed by atoms with Crippen molar-refractivity contribution in [2.45, 2.75) is 65.7 Å². The van der Waals surface area contributed by atoms with Crippen molar-refractivity contribution < 1.29 is 14.5 Å². The average Bonchev–Trinajstić information content (AvgIpc) is 2.86. The summed E-state index contributed by atoms with van der Waals surface area (Å²) >= 11 is 0. The van der Waals surface area contributed by atoms with Gasteiger partial charge in [-0.25, -0.2) is 0 Å². The molecule has 4 aliphatic rings. The number of Topliss-reactive ketones (excluding diaryl/α,β-unsaturated/α-hetero) is 1. The van der Waals surface area contributed by atoms with Crippen LogP contribution < -0.4 is 0 Å². The first-order valence-electron chi connectivity index (χ1n) is 10.5. The van der Waals surface area contributed by atoms with E-state index in [4.69, 9.17) is 0 Å². The van der Waals surface area contributed by atoms with Crippen LogP contribution in [0, 0.1) is 50.5 Å². The maximum Gasteiger partial charge on any atom is 0.207 e. The SMILES string of the molecule is CC(=O)[C@H]1[C@@H](C[N+](=O)[O-])C[C@H]2[C@@H]3CCC4=CC(=O)CC[C@]4(C)[C@H]3CC[C@@]21C. The van der Waals surface area contributed by atoms with E-state index in [1.165, 1.54) is 5.57 Å². The van der Waals surface area contributed by atoms with Crippen LogP contribution in [0.3, 0.4) is 0 Å². The molecule has 0 radical (unpaired) electrons. The molecule has 7 atom stereocenters. The smallest absolute Gasteiger partial charge is 0.207 e. The molecule has 5 nitrogen and oxygen atoms in total. The largest absolute Gasteiger partial charge is 0.300 e. The van der Waals surface area contributed by atoms with Gasteiger partial charge in [-0.15, -0.1) is 0 Å². The molecule has 0 aromatic rings. The fraction of sp³-hybridized carbons (Fsp3) is 0.818. The lowest BCUT2D eigenvalue weighted by molar-refractivity contribution is -0.489. The third kappa shape index (κ3) is 2.72. The molecular weight excluding hydrogens is 342 g/mol. The second-order valence-corrected chi connectivity index (χ2v) is 10.1. The van der Waals surface area contributed by atoms with Crippen molar-refractivity contribution in [1.82, 2.24) is 0 Å². The van der Waals surface area contributed by atoms with Crippen molar-refractivity contribution in [3.05, 3.63) is 21.8 Å². The van der Waals surface area contributed by atoms with Crippen molar-refractivity contribution >= 4 is 11.6 Å². The van der Waals surface area contributed by atoms with Gasteiger partial charge in [-0.05, 0) is 80.1 Å². The molecule has 148 valence electrons. The van der Waals surface area contributed by atoms with Gasteiger partial charge < -0.3 is 0 Å². The van der Waals surface area contributed by atoms with E-state index >= 15 is 0 Å². The number of hydrogen-bond donors (Lipinski definition) is 0. The lowest BCUT2D eigenvalue weighted by Gasteiger charge is -2.58. The Morgan fingerprint density at radius 2 is 1.96 bits per heavy atom. The standard InChI is InChI=1S/C22H31NO4/c1-13(24)20-14(12-23(26)27)10-19-17-5-4-15-11-16(25)6-8-21(15,2)18(17)7-9-22(19,20)3/h11,14,17-20H,4-10,12H2,1-3H3/t14-,17-,18+,19+,20+,21+,22+/m1/s1. The predicted octanol–water partition coefficient (Wildman–Crippen LogP) is 4.23. The number of nitro groups is 1. The Balaban J connectivity index is 1.68. The summed E-state index contributed by atoms with van der Waals surface area (Å²) in [5, 5.41) is 11.2. The summed E-state index contributed by atoms with van der Waals surface area (Å²) in [7, 11) is 0. The minimum absolute atomic E-state index is 0.0787. The normalized spacial score (nSPS) is 46.1. The highest BCUT2D eigenvalue weighted by molar-refractivity contribution is 5.91. The molecule has 4 rings (SSSR count). The van der Waals surface area contributed by atoms with Crippen LogP contribution in [0.25, 0.3) is 0 Å². The Morgan fingerprint density at radius 3 is 2.63 bits per heavy atom. The van der Waals surface area contributed by atoms with E-state index in [2.05, 4.69) is 13.8 Å². The van der Waals surface area contributed by atoms with Crippen LogP contribution in [-0.2, 0) is 9.59 Å². The maximum absolute atomic E-state index is 12.5. The molecule has 5 heteroatoms. The number of hydrogen-bond acceptors (Lipinski definition) is 4. The number of allylic oxidation sites excluding steroid dienone is 1. The van der Waals surface area contributed by atoms with Crippen molar-refractivity contribution in [3.8, 4) is 0 Å². The summed E-state index contributed by atoms with van der Waals surface area (Å²) in [5.74, 6) is 1.58. The van der Waals surface area contributed by atoms with Crippen LogP contribution in [0.1, 0.15) is 65.7 Å². The monoisotopic (exact) mass is 373 g/mol. The Hall–Kier alpha value is -1.52. The zero-order valence-corrected chi connectivity index (χ0v) is 16.7. The quantitative estimate of drug-likeness (QED) is 0.548. The Kier molecular flexibility index (Phi) is 4.36. The van der Waals surface area contributed by atoms with Crippen molar-refractivity contribution in [2.24, 2.45) is 40.4 Å². The average molecular weight is 373 g/mol. The lowest BCUT2D eigenvalue weighted by Crippen LogP contribution is -2.51. The number of carbonyl (C=O) groups excluding carboxylic acids is 2. The van der Waals surface area contributed by atoms with Crippen LogP contribution >= 0.6 is 0 Å². The summed E-state index contributed by atoms with van der Waals surface area (Å²) in [6, 6.07) is 0. The topological polar surface area (TPSA) is 77.3 Å². The van der Waals surface area contributed by atoms with Gasteiger partial charge in [0.1, 0.15) is 5.78 Å².